The van der Waals surface area contributed by atoms with Gasteiger partial charge in [0.1, 0.15) is 16.5 Å². The Morgan fingerprint density at radius 3 is 0.833 bits per heavy atom. The number of rotatable bonds is 10. The Morgan fingerprint density at radius 1 is 0.500 bits per heavy atom. The van der Waals surface area contributed by atoms with E-state index in [4.69, 9.17) is 0 Å². The van der Waals surface area contributed by atoms with Crippen LogP contribution in [0, 0.1) is 0 Å². The van der Waals surface area contributed by atoms with E-state index in [1.165, 1.54) is 13.0 Å². The minimum Gasteiger partial charge on any atom is -0.344 e. The minimum atomic E-state index is -1.61. The van der Waals surface area contributed by atoms with Crippen molar-refractivity contribution in [3.63, 3.8) is 0 Å². The van der Waals surface area contributed by atoms with E-state index in [0.29, 0.717) is 0 Å². The van der Waals surface area contributed by atoms with Gasteiger partial charge in [-0.05, 0) is 46.2 Å². The molecule has 0 aromatic heterocycles. The molecule has 0 aromatic carbocycles. The molecule has 0 saturated heterocycles. The molecule has 0 radical (unpaired) electrons. The zero-order valence-electron chi connectivity index (χ0n) is 19.3. The Labute approximate surface area is 157 Å². The highest BCUT2D eigenvalue weighted by atomic mass is 28.4. The van der Waals surface area contributed by atoms with Crippen molar-refractivity contribution in [2.24, 2.45) is 0 Å². The van der Waals surface area contributed by atoms with Crippen LogP contribution < -0.4 is 0 Å². The van der Waals surface area contributed by atoms with Gasteiger partial charge in [0.15, 0.2) is 0 Å². The van der Waals surface area contributed by atoms with Gasteiger partial charge in [-0.1, -0.05) is 90.0 Å². The second-order valence-corrected chi connectivity index (χ2v) is 21.9. The summed E-state index contributed by atoms with van der Waals surface area (Å²) >= 11 is 0. The van der Waals surface area contributed by atoms with E-state index in [1.807, 2.05) is 0 Å². The van der Waals surface area contributed by atoms with Crippen LogP contribution in [0.3, 0.4) is 0 Å². The lowest BCUT2D eigenvalue weighted by Gasteiger charge is -2.63. The van der Waals surface area contributed by atoms with Crippen molar-refractivity contribution >= 4 is 16.5 Å². The lowest BCUT2D eigenvalue weighted by molar-refractivity contribution is 0.494. The van der Waals surface area contributed by atoms with Gasteiger partial charge in [-0.2, -0.15) is 0 Å². The van der Waals surface area contributed by atoms with Crippen LogP contribution in [0.25, 0.3) is 0 Å². The molecule has 3 heteroatoms. The Bertz CT molecular complexity index is 283. The summed E-state index contributed by atoms with van der Waals surface area (Å²) < 4.78 is 3.28. The van der Waals surface area contributed by atoms with Gasteiger partial charge in [0.25, 0.3) is 0 Å². The van der Waals surface area contributed by atoms with E-state index in [-0.39, 0.29) is 0 Å². The third kappa shape index (κ3) is 3.88. The van der Waals surface area contributed by atoms with E-state index < -0.39 is 16.5 Å². The van der Waals surface area contributed by atoms with Gasteiger partial charge in [-0.15, -0.1) is 0 Å². The predicted molar refractivity (Wildman–Crippen MR) is 119 cm³/mol. The fraction of sp³-hybridized carbons (Fsp3) is 1.00. The lowest BCUT2D eigenvalue weighted by Crippen LogP contribution is -2.73. The molecule has 0 bridgehead atoms. The number of nitrogens with zero attached hydrogens (tertiary/aromatic N) is 1. The van der Waals surface area contributed by atoms with Crippen LogP contribution in [0.1, 0.15) is 96.4 Å². The van der Waals surface area contributed by atoms with Gasteiger partial charge in [0.2, 0.25) is 0 Å². The fourth-order valence-corrected chi connectivity index (χ4v) is 27.1. The molecule has 0 N–H and O–H groups in total. The molecular weight excluding hydrogens is 322 g/mol. The van der Waals surface area contributed by atoms with Gasteiger partial charge in [0, 0.05) is 0 Å². The summed E-state index contributed by atoms with van der Waals surface area (Å²) in [5.41, 5.74) is 4.87. The monoisotopic (exact) mass is 371 g/mol. The average Bonchev–Trinajstić information content (AvgIpc) is 2.37. The molecule has 0 aliphatic heterocycles. The maximum absolute atomic E-state index is 3.28. The zero-order valence-corrected chi connectivity index (χ0v) is 21.3. The topological polar surface area (TPSA) is 3.24 Å². The quantitative estimate of drug-likeness (QED) is 0.351. The Morgan fingerprint density at radius 2 is 0.708 bits per heavy atom. The van der Waals surface area contributed by atoms with Crippen LogP contribution in [-0.4, -0.2) is 27.2 Å². The molecule has 0 aliphatic carbocycles. The summed E-state index contributed by atoms with van der Waals surface area (Å²) in [5.74, 6) is 0. The second kappa shape index (κ2) is 9.36. The molecule has 0 amide bonds. The molecule has 0 spiro atoms. The minimum absolute atomic E-state index is 0.812. The molecule has 0 unspecified atom stereocenters. The van der Waals surface area contributed by atoms with Gasteiger partial charge in [0.05, 0.1) is 0 Å². The van der Waals surface area contributed by atoms with Crippen molar-refractivity contribution in [2.75, 3.05) is 6.54 Å². The lowest BCUT2D eigenvalue weighted by atomic mass is 10.5. The molecule has 0 rings (SSSR count). The van der Waals surface area contributed by atoms with Crippen molar-refractivity contribution in [3.05, 3.63) is 0 Å². The fourth-order valence-electron chi connectivity index (χ4n) is 6.82. The van der Waals surface area contributed by atoms with Crippen LogP contribution in [0.2, 0.25) is 33.2 Å². The van der Waals surface area contributed by atoms with E-state index in [9.17, 15) is 0 Å². The molecule has 0 aliphatic rings. The largest absolute Gasteiger partial charge is 0.344 e. The summed E-state index contributed by atoms with van der Waals surface area (Å²) in [4.78, 5) is 0. The van der Waals surface area contributed by atoms with E-state index in [0.717, 1.165) is 33.2 Å². The van der Waals surface area contributed by atoms with Crippen LogP contribution in [0.5, 0.6) is 0 Å². The number of hydrogen-bond donors (Lipinski definition) is 0. The normalized spacial score (nSPS) is 14.5. The van der Waals surface area contributed by atoms with Crippen LogP contribution in [0.4, 0.5) is 0 Å². The summed E-state index contributed by atoms with van der Waals surface area (Å²) in [7, 11) is -3.21. The first-order valence-electron chi connectivity index (χ1n) is 10.6. The highest BCUT2D eigenvalue weighted by molar-refractivity contribution is 6.96. The maximum Gasteiger partial charge on any atom is 0.129 e. The van der Waals surface area contributed by atoms with Crippen molar-refractivity contribution in [1.29, 1.82) is 0 Å². The highest BCUT2D eigenvalue weighted by Crippen LogP contribution is 2.53. The van der Waals surface area contributed by atoms with E-state index in [2.05, 4.69) is 94.2 Å². The maximum atomic E-state index is 3.28. The second-order valence-electron chi connectivity index (χ2n) is 9.85. The molecule has 0 aromatic rings. The van der Waals surface area contributed by atoms with Crippen molar-refractivity contribution in [2.45, 2.75) is 130 Å². The highest BCUT2D eigenvalue weighted by Gasteiger charge is 2.58. The van der Waals surface area contributed by atoms with Gasteiger partial charge < -0.3 is 4.23 Å². The average molecular weight is 372 g/mol. The Kier molecular flexibility index (Phi) is 9.52. The predicted octanol–water partition coefficient (Wildman–Crippen LogP) is 8.05. The smallest absolute Gasteiger partial charge is 0.129 e. The van der Waals surface area contributed by atoms with Crippen molar-refractivity contribution in [1.82, 2.24) is 4.23 Å². The van der Waals surface area contributed by atoms with Crippen molar-refractivity contribution in [3.8, 4) is 0 Å². The van der Waals surface area contributed by atoms with E-state index >= 15 is 0 Å². The van der Waals surface area contributed by atoms with Crippen LogP contribution in [0.15, 0.2) is 0 Å². The molecular formula is C21H49NSi2. The van der Waals surface area contributed by atoms with E-state index in [1.54, 1.807) is 0 Å². The van der Waals surface area contributed by atoms with Gasteiger partial charge in [-0.3, -0.25) is 0 Å². The molecule has 0 saturated carbocycles. The Hall–Kier alpha value is 0.394. The third-order valence-electron chi connectivity index (χ3n) is 6.93. The van der Waals surface area contributed by atoms with Crippen molar-refractivity contribution < 1.29 is 0 Å². The molecule has 1 nitrogen and oxygen atoms in total. The number of hydrogen-bond acceptors (Lipinski definition) is 1. The Balaban J connectivity index is 6.79. The molecule has 24 heavy (non-hydrogen) atoms. The summed E-state index contributed by atoms with van der Waals surface area (Å²) in [6.45, 7) is 34.2. The van der Waals surface area contributed by atoms with Crippen LogP contribution >= 0.6 is 0 Å². The first kappa shape index (κ1) is 24.4. The standard InChI is InChI=1S/C21H49NSi2/c1-14-15-22(23(16(2)3,17(4)5)18(6)7)24(19(8)9,20(10)11)21(12)13/h16-21H,14-15H2,1-13H3. The zero-order chi connectivity index (χ0) is 19.5. The van der Waals surface area contributed by atoms with Crippen LogP contribution in [-0.2, 0) is 0 Å². The summed E-state index contributed by atoms with van der Waals surface area (Å²) in [5, 5.41) is 0. The molecule has 146 valence electrons. The SMILES string of the molecule is CCCN([Si](C(C)C)(C(C)C)C(C)C)[Si](C(C)C)(C(C)C)C(C)C. The summed E-state index contributed by atoms with van der Waals surface area (Å²) in [6, 6.07) is 0. The third-order valence-corrected chi connectivity index (χ3v) is 22.7. The molecule has 0 fully saturated rings. The molecule has 0 atom stereocenters. The molecule has 0 heterocycles. The first-order chi connectivity index (χ1) is 10.9. The summed E-state index contributed by atoms with van der Waals surface area (Å²) in [6.07, 6.45) is 1.29. The van der Waals surface area contributed by atoms with Gasteiger partial charge >= 0.3 is 0 Å². The van der Waals surface area contributed by atoms with Gasteiger partial charge in [-0.25, -0.2) is 0 Å². The first-order valence-corrected chi connectivity index (χ1v) is 15.0.